The van der Waals surface area contributed by atoms with Crippen molar-refractivity contribution in [1.82, 2.24) is 0 Å². The first-order chi connectivity index (χ1) is 11.4. The van der Waals surface area contributed by atoms with Gasteiger partial charge in [0.2, 0.25) is 0 Å². The number of carbonyl (C=O) groups is 1. The smallest absolute Gasteiger partial charge is 0.331 e. The van der Waals surface area contributed by atoms with Gasteiger partial charge in [0.15, 0.2) is 0 Å². The van der Waals surface area contributed by atoms with Crippen LogP contribution in [0.15, 0.2) is 23.3 Å². The number of allylic oxidation sites excluding steroid dienone is 3. The lowest BCUT2D eigenvalue weighted by Crippen LogP contribution is -2.24. The summed E-state index contributed by atoms with van der Waals surface area (Å²) >= 11 is 0. The van der Waals surface area contributed by atoms with E-state index in [1.54, 1.807) is 6.08 Å². The quantitative estimate of drug-likeness (QED) is 0.364. The third-order valence-electron chi connectivity index (χ3n) is 4.77. The molecule has 0 saturated carbocycles. The lowest BCUT2D eigenvalue weighted by atomic mass is 9.89. The normalized spacial score (nSPS) is 17.9. The number of hydrogen-bond acceptors (Lipinski definition) is 3. The molecule has 1 aliphatic rings. The van der Waals surface area contributed by atoms with Crippen molar-refractivity contribution in [3.05, 3.63) is 23.3 Å². The van der Waals surface area contributed by atoms with Gasteiger partial charge >= 0.3 is 5.97 Å². The molecular weight excluding hydrogens is 300 g/mol. The molecule has 0 heterocycles. The van der Waals surface area contributed by atoms with E-state index in [-0.39, 0.29) is 11.6 Å². The van der Waals surface area contributed by atoms with Gasteiger partial charge in [0, 0.05) is 12.7 Å². The van der Waals surface area contributed by atoms with E-state index in [9.17, 15) is 4.79 Å². The Morgan fingerprint density at radius 1 is 1.25 bits per heavy atom. The molecule has 0 fully saturated rings. The van der Waals surface area contributed by atoms with Crippen LogP contribution in [0.5, 0.6) is 0 Å². The van der Waals surface area contributed by atoms with Crippen LogP contribution in [0.1, 0.15) is 79.6 Å². The van der Waals surface area contributed by atoms with Crippen LogP contribution in [0.25, 0.3) is 0 Å². The second-order valence-electron chi connectivity index (χ2n) is 7.34. The molecular formula is C21H36O3. The first kappa shape index (κ1) is 21.0. The molecule has 3 nitrogen and oxygen atoms in total. The highest BCUT2D eigenvalue weighted by Gasteiger charge is 2.19. The van der Waals surface area contributed by atoms with Gasteiger partial charge in [-0.2, -0.15) is 0 Å². The summed E-state index contributed by atoms with van der Waals surface area (Å²) in [5.41, 5.74) is 2.60. The number of esters is 1. The van der Waals surface area contributed by atoms with Crippen molar-refractivity contribution >= 4 is 5.97 Å². The summed E-state index contributed by atoms with van der Waals surface area (Å²) in [6.07, 6.45) is 11.9. The van der Waals surface area contributed by atoms with Gasteiger partial charge in [0.05, 0.1) is 12.2 Å². The van der Waals surface area contributed by atoms with Crippen LogP contribution < -0.4 is 0 Å². The fourth-order valence-electron chi connectivity index (χ4n) is 3.42. The van der Waals surface area contributed by atoms with Crippen molar-refractivity contribution in [3.8, 4) is 0 Å². The first-order valence-electron chi connectivity index (χ1n) is 9.60. The summed E-state index contributed by atoms with van der Waals surface area (Å²) < 4.78 is 10.8. The predicted octanol–water partition coefficient (Wildman–Crippen LogP) is 5.60. The highest BCUT2D eigenvalue weighted by atomic mass is 16.5. The molecule has 0 radical (unpaired) electrons. The number of ether oxygens (including phenoxy) is 2. The van der Waals surface area contributed by atoms with E-state index >= 15 is 0 Å². The SMILES string of the molecule is CCOC(=O)/C=C1/C=C(CC(CC)CCCC(C)(C)OCC)CC1. The fraction of sp³-hybridized carbons (Fsp3) is 0.762. The van der Waals surface area contributed by atoms with Crippen LogP contribution in [0, 0.1) is 5.92 Å². The first-order valence-corrected chi connectivity index (χ1v) is 9.60. The molecule has 0 aliphatic heterocycles. The maximum absolute atomic E-state index is 11.5. The zero-order valence-corrected chi connectivity index (χ0v) is 16.3. The van der Waals surface area contributed by atoms with Gasteiger partial charge in [-0.3, -0.25) is 0 Å². The number of carbonyl (C=O) groups excluding carboxylic acids is 1. The highest BCUT2D eigenvalue weighted by molar-refractivity contribution is 5.83. The molecule has 1 unspecified atom stereocenters. The maximum Gasteiger partial charge on any atom is 0.331 e. The van der Waals surface area contributed by atoms with Crippen LogP contribution in [-0.4, -0.2) is 24.8 Å². The van der Waals surface area contributed by atoms with Crippen LogP contribution in [0.4, 0.5) is 0 Å². The molecule has 1 rings (SSSR count). The van der Waals surface area contributed by atoms with E-state index in [2.05, 4.69) is 33.8 Å². The molecule has 0 amide bonds. The molecule has 0 aromatic rings. The Balaban J connectivity index is 2.44. The molecule has 0 saturated heterocycles. The van der Waals surface area contributed by atoms with E-state index in [1.807, 2.05) is 6.92 Å². The minimum absolute atomic E-state index is 0.00475. The lowest BCUT2D eigenvalue weighted by molar-refractivity contribution is -0.137. The average Bonchev–Trinajstić information content (AvgIpc) is 2.93. The van der Waals surface area contributed by atoms with Crippen molar-refractivity contribution in [1.29, 1.82) is 0 Å². The van der Waals surface area contributed by atoms with Crippen molar-refractivity contribution in [2.45, 2.75) is 85.2 Å². The zero-order valence-electron chi connectivity index (χ0n) is 16.3. The van der Waals surface area contributed by atoms with E-state index in [0.717, 1.165) is 43.8 Å². The summed E-state index contributed by atoms with van der Waals surface area (Å²) in [7, 11) is 0. The molecule has 1 atom stereocenters. The van der Waals surface area contributed by atoms with Crippen molar-refractivity contribution in [3.63, 3.8) is 0 Å². The van der Waals surface area contributed by atoms with Gasteiger partial charge in [-0.25, -0.2) is 4.79 Å². The number of rotatable bonds is 11. The standard InChI is InChI=1S/C21H36O3/c1-6-17(10-9-13-21(4,5)24-8-3)14-18-11-12-19(15-18)16-20(22)23-7-2/h15-17H,6-14H2,1-5H3/b19-16+. The monoisotopic (exact) mass is 336 g/mol. The molecule has 0 spiro atoms. The van der Waals surface area contributed by atoms with Crippen LogP contribution >= 0.6 is 0 Å². The van der Waals surface area contributed by atoms with Gasteiger partial charge < -0.3 is 9.47 Å². The number of hydrogen-bond donors (Lipinski definition) is 0. The summed E-state index contributed by atoms with van der Waals surface area (Å²) in [6.45, 7) is 11.8. The fourth-order valence-corrected chi connectivity index (χ4v) is 3.42. The van der Waals surface area contributed by atoms with Crippen LogP contribution in [0.3, 0.4) is 0 Å². The topological polar surface area (TPSA) is 35.5 Å². The van der Waals surface area contributed by atoms with Gasteiger partial charge in [0.25, 0.3) is 0 Å². The average molecular weight is 337 g/mol. The van der Waals surface area contributed by atoms with E-state index in [0.29, 0.717) is 6.61 Å². The molecule has 0 aromatic heterocycles. The van der Waals surface area contributed by atoms with E-state index in [1.165, 1.54) is 24.8 Å². The van der Waals surface area contributed by atoms with Gasteiger partial charge in [-0.1, -0.05) is 37.8 Å². The molecule has 0 bridgehead atoms. The Labute approximate surface area is 148 Å². The van der Waals surface area contributed by atoms with Crippen LogP contribution in [-0.2, 0) is 14.3 Å². The van der Waals surface area contributed by atoms with Crippen molar-refractivity contribution in [2.75, 3.05) is 13.2 Å². The lowest BCUT2D eigenvalue weighted by Gasteiger charge is -2.25. The summed E-state index contributed by atoms with van der Waals surface area (Å²) in [6, 6.07) is 0. The Morgan fingerprint density at radius 2 is 2.00 bits per heavy atom. The highest BCUT2D eigenvalue weighted by Crippen LogP contribution is 2.32. The minimum atomic E-state index is -0.213. The second-order valence-corrected chi connectivity index (χ2v) is 7.34. The Hall–Kier alpha value is -1.09. The minimum Gasteiger partial charge on any atom is -0.463 e. The molecule has 1 aliphatic carbocycles. The van der Waals surface area contributed by atoms with Crippen LogP contribution in [0.2, 0.25) is 0 Å². The second kappa shape index (κ2) is 10.7. The van der Waals surface area contributed by atoms with Gasteiger partial charge in [-0.15, -0.1) is 0 Å². The molecule has 0 N–H and O–H groups in total. The summed E-state index contributed by atoms with van der Waals surface area (Å²) in [5.74, 6) is 0.519. The molecule has 0 aromatic carbocycles. The Morgan fingerprint density at radius 3 is 2.62 bits per heavy atom. The zero-order chi connectivity index (χ0) is 18.0. The largest absolute Gasteiger partial charge is 0.463 e. The van der Waals surface area contributed by atoms with Gasteiger partial charge in [0.1, 0.15) is 0 Å². The third-order valence-corrected chi connectivity index (χ3v) is 4.77. The van der Waals surface area contributed by atoms with Crippen molar-refractivity contribution < 1.29 is 14.3 Å². The van der Waals surface area contributed by atoms with E-state index in [4.69, 9.17) is 9.47 Å². The maximum atomic E-state index is 11.5. The van der Waals surface area contributed by atoms with E-state index < -0.39 is 0 Å². The molecule has 24 heavy (non-hydrogen) atoms. The van der Waals surface area contributed by atoms with Gasteiger partial charge in [-0.05, 0) is 64.9 Å². The Kier molecular flexibility index (Phi) is 9.35. The van der Waals surface area contributed by atoms with Crippen molar-refractivity contribution in [2.24, 2.45) is 5.92 Å². The predicted molar refractivity (Wildman–Crippen MR) is 100.0 cm³/mol. The molecule has 138 valence electrons. The molecule has 3 heteroatoms. The summed E-state index contributed by atoms with van der Waals surface area (Å²) in [5, 5.41) is 0. The third kappa shape index (κ3) is 8.14. The Bertz CT molecular complexity index is 446. The summed E-state index contributed by atoms with van der Waals surface area (Å²) in [4.78, 5) is 11.5.